The maximum atomic E-state index is 5.57. The van der Waals surface area contributed by atoms with E-state index in [0.717, 1.165) is 24.5 Å². The summed E-state index contributed by atoms with van der Waals surface area (Å²) < 4.78 is 11.1. The number of aryl methyl sites for hydroxylation is 1. The van der Waals surface area contributed by atoms with E-state index in [1.54, 1.807) is 0 Å². The summed E-state index contributed by atoms with van der Waals surface area (Å²) in [7, 11) is 0. The molecular weight excluding hydrogens is 226 g/mol. The summed E-state index contributed by atoms with van der Waals surface area (Å²) in [6.07, 6.45) is 0.954. The fraction of sp³-hybridized carbons (Fsp3) is 0.500. The van der Waals surface area contributed by atoms with Crippen molar-refractivity contribution in [1.29, 1.82) is 0 Å². The Labute approximate surface area is 101 Å². The Bertz CT molecular complexity index is 368. The maximum Gasteiger partial charge on any atom is 0.161 e. The molecule has 0 bridgehead atoms. The molecule has 0 radical (unpaired) electrons. The van der Waals surface area contributed by atoms with Crippen molar-refractivity contribution in [3.8, 4) is 11.5 Å². The van der Waals surface area contributed by atoms with Crippen molar-refractivity contribution in [2.24, 2.45) is 0 Å². The van der Waals surface area contributed by atoms with Crippen LogP contribution in [0.4, 0.5) is 0 Å². The molecule has 0 spiro atoms. The summed E-state index contributed by atoms with van der Waals surface area (Å²) in [5, 5.41) is 3.10. The van der Waals surface area contributed by atoms with Gasteiger partial charge in [-0.25, -0.2) is 0 Å². The number of fused-ring (bicyclic) bond motifs is 1. The van der Waals surface area contributed by atoms with Crippen LogP contribution in [0, 0.1) is 6.92 Å². The van der Waals surface area contributed by atoms with E-state index < -0.39 is 0 Å². The van der Waals surface area contributed by atoms with Crippen LogP contribution < -0.4 is 14.8 Å². The molecule has 0 saturated heterocycles. The lowest BCUT2D eigenvalue weighted by atomic mass is 10.0. The highest BCUT2D eigenvalue weighted by molar-refractivity contribution is 6.17. The first-order chi connectivity index (χ1) is 7.81. The molecule has 0 unspecified atom stereocenters. The third kappa shape index (κ3) is 2.60. The molecule has 2 rings (SSSR count). The number of nitrogens with one attached hydrogen (secondary N) is 1. The first kappa shape index (κ1) is 11.6. The van der Waals surface area contributed by atoms with Crippen molar-refractivity contribution < 1.29 is 9.47 Å². The average molecular weight is 242 g/mol. The lowest BCUT2D eigenvalue weighted by molar-refractivity contribution is 0.171. The summed E-state index contributed by atoms with van der Waals surface area (Å²) in [6, 6.07) is 4.61. The molecule has 0 amide bonds. The highest BCUT2D eigenvalue weighted by atomic mass is 35.5. The van der Waals surface area contributed by atoms with Gasteiger partial charge >= 0.3 is 0 Å². The Morgan fingerprint density at radius 3 is 2.62 bits per heavy atom. The molecule has 0 aromatic heterocycles. The Hall–Kier alpha value is -0.930. The fourth-order valence-electron chi connectivity index (χ4n) is 1.79. The quantitative estimate of drug-likeness (QED) is 0.498. The van der Waals surface area contributed by atoms with Gasteiger partial charge in [0, 0.05) is 6.54 Å². The fourth-order valence-corrected chi connectivity index (χ4v) is 1.93. The predicted molar refractivity (Wildman–Crippen MR) is 64.6 cm³/mol. The second kappa shape index (κ2) is 5.41. The summed E-state index contributed by atoms with van der Waals surface area (Å²) in [6.45, 7) is 4.24. The number of alkyl halides is 1. The number of ether oxygens (including phenoxy) is 2. The van der Waals surface area contributed by atoms with Crippen LogP contribution in [0.5, 0.6) is 11.5 Å². The molecule has 1 aromatic rings. The number of hydrogen-bond acceptors (Lipinski definition) is 3. The predicted octanol–water partition coefficient (Wildman–Crippen LogP) is 2.09. The van der Waals surface area contributed by atoms with Gasteiger partial charge < -0.3 is 14.8 Å². The van der Waals surface area contributed by atoms with Crippen molar-refractivity contribution in [2.75, 3.05) is 25.8 Å². The molecule has 1 aliphatic rings. The summed E-state index contributed by atoms with van der Waals surface area (Å²) in [5.41, 5.74) is 2.52. The highest BCUT2D eigenvalue weighted by Gasteiger charge is 2.13. The molecule has 0 saturated carbocycles. The number of hydrogen-bond donors (Lipinski definition) is 1. The van der Waals surface area contributed by atoms with Gasteiger partial charge in [-0.2, -0.15) is 0 Å². The first-order valence-corrected chi connectivity index (χ1v) is 6.00. The van der Waals surface area contributed by atoms with E-state index in [1.165, 1.54) is 11.1 Å². The minimum Gasteiger partial charge on any atom is -0.486 e. The minimum atomic E-state index is 0.490. The van der Waals surface area contributed by atoms with Crippen LogP contribution in [0.3, 0.4) is 0 Å². The number of halogens is 1. The summed E-state index contributed by atoms with van der Waals surface area (Å²) in [5.74, 6) is 1.72. The molecule has 3 nitrogen and oxygen atoms in total. The van der Waals surface area contributed by atoms with E-state index in [4.69, 9.17) is 21.1 Å². The molecule has 16 heavy (non-hydrogen) atoms. The van der Waals surface area contributed by atoms with Crippen LogP contribution in [0.25, 0.3) is 0 Å². The third-order valence-corrected chi connectivity index (χ3v) is 2.86. The van der Waals surface area contributed by atoms with Gasteiger partial charge in [0.2, 0.25) is 0 Å². The van der Waals surface area contributed by atoms with Crippen LogP contribution in [-0.2, 0) is 6.42 Å². The molecular formula is C12H16ClNO2. The molecule has 1 aromatic carbocycles. The monoisotopic (exact) mass is 241 g/mol. The molecule has 1 aliphatic heterocycles. The second-order valence-corrected chi connectivity index (χ2v) is 4.07. The molecule has 0 aliphatic carbocycles. The first-order valence-electron chi connectivity index (χ1n) is 5.47. The summed E-state index contributed by atoms with van der Waals surface area (Å²) in [4.78, 5) is 0. The molecule has 4 heteroatoms. The van der Waals surface area contributed by atoms with Gasteiger partial charge in [0.1, 0.15) is 13.2 Å². The zero-order chi connectivity index (χ0) is 11.4. The van der Waals surface area contributed by atoms with E-state index in [-0.39, 0.29) is 0 Å². The summed E-state index contributed by atoms with van der Waals surface area (Å²) >= 11 is 5.57. The van der Waals surface area contributed by atoms with Gasteiger partial charge in [-0.1, -0.05) is 0 Å². The Morgan fingerprint density at radius 1 is 1.25 bits per heavy atom. The largest absolute Gasteiger partial charge is 0.486 e. The lowest BCUT2D eigenvalue weighted by Gasteiger charge is -2.20. The molecule has 88 valence electrons. The number of rotatable bonds is 4. The van der Waals surface area contributed by atoms with E-state index in [9.17, 15) is 0 Å². The van der Waals surface area contributed by atoms with Crippen molar-refractivity contribution in [3.05, 3.63) is 23.3 Å². The van der Waals surface area contributed by atoms with Crippen molar-refractivity contribution >= 4 is 11.6 Å². The second-order valence-electron chi connectivity index (χ2n) is 3.81. The smallest absolute Gasteiger partial charge is 0.161 e. The molecule has 0 fully saturated rings. The van der Waals surface area contributed by atoms with Gasteiger partial charge in [-0.05, 0) is 36.6 Å². The van der Waals surface area contributed by atoms with E-state index >= 15 is 0 Å². The van der Waals surface area contributed by atoms with Gasteiger partial charge in [-0.15, -0.1) is 11.6 Å². The van der Waals surface area contributed by atoms with Crippen LogP contribution in [-0.4, -0.2) is 25.8 Å². The topological polar surface area (TPSA) is 30.5 Å². The minimum absolute atomic E-state index is 0.490. The standard InChI is InChI=1S/C12H16ClNO2/c1-9-6-11-12(16-5-4-15-11)7-10(9)2-3-14-8-13/h6-7,14H,2-5,8H2,1H3. The van der Waals surface area contributed by atoms with Crippen LogP contribution in [0.1, 0.15) is 11.1 Å². The van der Waals surface area contributed by atoms with Gasteiger partial charge in [-0.3, -0.25) is 0 Å². The van der Waals surface area contributed by atoms with Crippen LogP contribution in [0.2, 0.25) is 0 Å². The zero-order valence-corrected chi connectivity index (χ0v) is 10.1. The Kier molecular flexibility index (Phi) is 3.91. The molecule has 0 atom stereocenters. The van der Waals surface area contributed by atoms with Crippen molar-refractivity contribution in [2.45, 2.75) is 13.3 Å². The van der Waals surface area contributed by atoms with Crippen molar-refractivity contribution in [1.82, 2.24) is 5.32 Å². The van der Waals surface area contributed by atoms with E-state index in [0.29, 0.717) is 19.2 Å². The van der Waals surface area contributed by atoms with E-state index in [2.05, 4.69) is 18.3 Å². The maximum absolute atomic E-state index is 5.57. The van der Waals surface area contributed by atoms with Gasteiger partial charge in [0.25, 0.3) is 0 Å². The van der Waals surface area contributed by atoms with Crippen LogP contribution in [0.15, 0.2) is 12.1 Å². The molecule has 1 heterocycles. The van der Waals surface area contributed by atoms with Gasteiger partial charge in [0.15, 0.2) is 11.5 Å². The normalized spacial score (nSPS) is 13.9. The lowest BCUT2D eigenvalue weighted by Crippen LogP contribution is -2.17. The Morgan fingerprint density at radius 2 is 1.94 bits per heavy atom. The van der Waals surface area contributed by atoms with Crippen LogP contribution >= 0.6 is 11.6 Å². The SMILES string of the molecule is Cc1cc2c(cc1CCNCCl)OCCO2. The highest BCUT2D eigenvalue weighted by Crippen LogP contribution is 2.32. The third-order valence-electron chi connectivity index (χ3n) is 2.67. The van der Waals surface area contributed by atoms with Gasteiger partial charge in [0.05, 0.1) is 6.00 Å². The molecule has 1 N–H and O–H groups in total. The number of benzene rings is 1. The zero-order valence-electron chi connectivity index (χ0n) is 9.38. The Balaban J connectivity index is 2.12. The average Bonchev–Trinajstić information content (AvgIpc) is 2.30. The van der Waals surface area contributed by atoms with E-state index in [1.807, 2.05) is 6.07 Å². The van der Waals surface area contributed by atoms with Crippen molar-refractivity contribution in [3.63, 3.8) is 0 Å².